The predicted octanol–water partition coefficient (Wildman–Crippen LogP) is 4.15. The van der Waals surface area contributed by atoms with Crippen LogP contribution < -0.4 is 9.47 Å². The number of ether oxygens (including phenoxy) is 3. The van der Waals surface area contributed by atoms with Crippen molar-refractivity contribution >= 4 is 0 Å². The third-order valence-electron chi connectivity index (χ3n) is 3.03. The lowest BCUT2D eigenvalue weighted by atomic mass is 10.0. The molecule has 0 spiro atoms. The van der Waals surface area contributed by atoms with Crippen molar-refractivity contribution in [1.29, 1.82) is 0 Å². The van der Waals surface area contributed by atoms with Crippen molar-refractivity contribution in [3.8, 4) is 11.5 Å². The predicted molar refractivity (Wildman–Crippen MR) is 82.9 cm³/mol. The Kier molecular flexibility index (Phi) is 7.45. The molecule has 114 valence electrons. The largest absolute Gasteiger partial charge is 0.490 e. The molecule has 0 bridgehead atoms. The van der Waals surface area contributed by atoms with Gasteiger partial charge in [0.2, 0.25) is 0 Å². The SMILES string of the molecule is CCCc1cc(OC(C)C)c(OCCCOC)cc1C. The second kappa shape index (κ2) is 8.85. The van der Waals surface area contributed by atoms with E-state index in [1.807, 2.05) is 13.8 Å². The fourth-order valence-electron chi connectivity index (χ4n) is 2.09. The van der Waals surface area contributed by atoms with E-state index in [4.69, 9.17) is 14.2 Å². The van der Waals surface area contributed by atoms with E-state index >= 15 is 0 Å². The number of benzene rings is 1. The van der Waals surface area contributed by atoms with E-state index in [1.54, 1.807) is 7.11 Å². The summed E-state index contributed by atoms with van der Waals surface area (Å²) in [6, 6.07) is 4.22. The van der Waals surface area contributed by atoms with Gasteiger partial charge in [0.25, 0.3) is 0 Å². The summed E-state index contributed by atoms with van der Waals surface area (Å²) in [6.07, 6.45) is 3.24. The van der Waals surface area contributed by atoms with Gasteiger partial charge in [-0.2, -0.15) is 0 Å². The average Bonchev–Trinajstić information content (AvgIpc) is 2.39. The van der Waals surface area contributed by atoms with Gasteiger partial charge >= 0.3 is 0 Å². The zero-order valence-corrected chi connectivity index (χ0v) is 13.5. The molecule has 1 aromatic carbocycles. The van der Waals surface area contributed by atoms with E-state index in [2.05, 4.69) is 26.0 Å². The first-order valence-corrected chi connectivity index (χ1v) is 7.50. The first kappa shape index (κ1) is 16.8. The number of rotatable bonds is 9. The van der Waals surface area contributed by atoms with Gasteiger partial charge in [-0.1, -0.05) is 13.3 Å². The minimum atomic E-state index is 0.147. The van der Waals surface area contributed by atoms with Gasteiger partial charge in [0.05, 0.1) is 12.7 Å². The topological polar surface area (TPSA) is 27.7 Å². The van der Waals surface area contributed by atoms with Crippen molar-refractivity contribution in [3.63, 3.8) is 0 Å². The van der Waals surface area contributed by atoms with Gasteiger partial charge in [-0.25, -0.2) is 0 Å². The van der Waals surface area contributed by atoms with E-state index in [0.29, 0.717) is 13.2 Å². The first-order chi connectivity index (χ1) is 9.58. The quantitative estimate of drug-likeness (QED) is 0.636. The molecule has 3 nitrogen and oxygen atoms in total. The molecule has 0 radical (unpaired) electrons. The minimum Gasteiger partial charge on any atom is -0.490 e. The molecule has 1 aromatic rings. The molecule has 1 rings (SSSR count). The van der Waals surface area contributed by atoms with Crippen LogP contribution in [0.25, 0.3) is 0 Å². The van der Waals surface area contributed by atoms with E-state index in [9.17, 15) is 0 Å². The molecule has 0 aliphatic rings. The Morgan fingerprint density at radius 1 is 1.10 bits per heavy atom. The van der Waals surface area contributed by atoms with Gasteiger partial charge in [0.15, 0.2) is 11.5 Å². The molecule has 0 aliphatic heterocycles. The normalized spacial score (nSPS) is 10.9. The highest BCUT2D eigenvalue weighted by molar-refractivity contribution is 5.47. The van der Waals surface area contributed by atoms with Crippen molar-refractivity contribution in [2.24, 2.45) is 0 Å². The zero-order valence-electron chi connectivity index (χ0n) is 13.5. The molecular formula is C17H28O3. The minimum absolute atomic E-state index is 0.147. The summed E-state index contributed by atoms with van der Waals surface area (Å²) < 4.78 is 16.8. The van der Waals surface area contributed by atoms with Crippen molar-refractivity contribution in [2.45, 2.75) is 53.1 Å². The van der Waals surface area contributed by atoms with Gasteiger partial charge in [0, 0.05) is 20.1 Å². The van der Waals surface area contributed by atoms with Gasteiger partial charge < -0.3 is 14.2 Å². The molecule has 0 aromatic heterocycles. The molecule has 0 fully saturated rings. The Balaban J connectivity index is 2.85. The molecule has 0 heterocycles. The van der Waals surface area contributed by atoms with E-state index in [0.717, 1.165) is 30.8 Å². The third kappa shape index (κ3) is 5.41. The van der Waals surface area contributed by atoms with Crippen LogP contribution in [0.2, 0.25) is 0 Å². The van der Waals surface area contributed by atoms with Crippen LogP contribution in [0, 0.1) is 6.92 Å². The lowest BCUT2D eigenvalue weighted by molar-refractivity contribution is 0.167. The van der Waals surface area contributed by atoms with Crippen LogP contribution in [0.3, 0.4) is 0 Å². The lowest BCUT2D eigenvalue weighted by Gasteiger charge is -2.18. The van der Waals surface area contributed by atoms with Crippen LogP contribution >= 0.6 is 0 Å². The molecule has 20 heavy (non-hydrogen) atoms. The number of hydrogen-bond donors (Lipinski definition) is 0. The number of aryl methyl sites for hydroxylation is 2. The fourth-order valence-corrected chi connectivity index (χ4v) is 2.09. The Hall–Kier alpha value is -1.22. The van der Waals surface area contributed by atoms with E-state index < -0.39 is 0 Å². The Bertz CT molecular complexity index is 399. The van der Waals surface area contributed by atoms with Crippen molar-refractivity contribution in [2.75, 3.05) is 20.3 Å². The summed E-state index contributed by atoms with van der Waals surface area (Å²) in [4.78, 5) is 0. The average molecular weight is 280 g/mol. The van der Waals surface area contributed by atoms with Crippen LogP contribution in [-0.4, -0.2) is 26.4 Å². The van der Waals surface area contributed by atoms with E-state index in [-0.39, 0.29) is 6.10 Å². The highest BCUT2D eigenvalue weighted by atomic mass is 16.5. The van der Waals surface area contributed by atoms with Gasteiger partial charge in [0.1, 0.15) is 0 Å². The number of methoxy groups -OCH3 is 1. The second-order valence-electron chi connectivity index (χ2n) is 5.34. The zero-order chi connectivity index (χ0) is 15.0. The van der Waals surface area contributed by atoms with Crippen LogP contribution in [0.4, 0.5) is 0 Å². The van der Waals surface area contributed by atoms with Crippen LogP contribution in [0.15, 0.2) is 12.1 Å². The smallest absolute Gasteiger partial charge is 0.161 e. The Labute approximate surface area is 123 Å². The second-order valence-corrected chi connectivity index (χ2v) is 5.34. The van der Waals surface area contributed by atoms with Gasteiger partial charge in [-0.3, -0.25) is 0 Å². The monoisotopic (exact) mass is 280 g/mol. The maximum absolute atomic E-state index is 5.89. The molecule has 3 heteroatoms. The third-order valence-corrected chi connectivity index (χ3v) is 3.03. The summed E-state index contributed by atoms with van der Waals surface area (Å²) in [7, 11) is 1.71. The van der Waals surface area contributed by atoms with Gasteiger partial charge in [-0.05, 0) is 50.5 Å². The summed E-state index contributed by atoms with van der Waals surface area (Å²) in [6.45, 7) is 9.76. The summed E-state index contributed by atoms with van der Waals surface area (Å²) in [5.41, 5.74) is 2.61. The molecule has 0 saturated heterocycles. The van der Waals surface area contributed by atoms with Crippen LogP contribution in [-0.2, 0) is 11.2 Å². The maximum atomic E-state index is 5.89. The molecule has 0 aliphatic carbocycles. The van der Waals surface area contributed by atoms with Gasteiger partial charge in [-0.15, -0.1) is 0 Å². The first-order valence-electron chi connectivity index (χ1n) is 7.50. The van der Waals surface area contributed by atoms with Crippen LogP contribution in [0.5, 0.6) is 11.5 Å². The Morgan fingerprint density at radius 2 is 1.85 bits per heavy atom. The molecule has 0 saturated carbocycles. The van der Waals surface area contributed by atoms with Crippen molar-refractivity contribution < 1.29 is 14.2 Å². The van der Waals surface area contributed by atoms with Crippen molar-refractivity contribution in [1.82, 2.24) is 0 Å². The van der Waals surface area contributed by atoms with Crippen molar-refractivity contribution in [3.05, 3.63) is 23.3 Å². The molecule has 0 N–H and O–H groups in total. The summed E-state index contributed by atoms with van der Waals surface area (Å²) in [5, 5.41) is 0. The fraction of sp³-hybridized carbons (Fsp3) is 0.647. The molecular weight excluding hydrogens is 252 g/mol. The van der Waals surface area contributed by atoms with Crippen LogP contribution in [0.1, 0.15) is 44.7 Å². The number of hydrogen-bond acceptors (Lipinski definition) is 3. The molecule has 0 unspecified atom stereocenters. The highest BCUT2D eigenvalue weighted by Crippen LogP contribution is 2.32. The summed E-state index contributed by atoms with van der Waals surface area (Å²) >= 11 is 0. The summed E-state index contributed by atoms with van der Waals surface area (Å²) in [5.74, 6) is 1.69. The molecule has 0 atom stereocenters. The van der Waals surface area contributed by atoms with E-state index in [1.165, 1.54) is 11.1 Å². The molecule has 0 amide bonds. The lowest BCUT2D eigenvalue weighted by Crippen LogP contribution is -2.09. The Morgan fingerprint density at radius 3 is 2.45 bits per heavy atom. The highest BCUT2D eigenvalue weighted by Gasteiger charge is 2.11. The standard InChI is InChI=1S/C17H28O3/c1-6-8-15-12-17(20-13(2)3)16(11-14(15)4)19-10-7-9-18-5/h11-13H,6-10H2,1-5H3. The maximum Gasteiger partial charge on any atom is 0.161 e.